The minimum atomic E-state index is -0.561. The number of rotatable bonds is 4. The molecule has 5 heteroatoms. The molecule has 1 aromatic heterocycles. The van der Waals surface area contributed by atoms with E-state index >= 15 is 0 Å². The van der Waals surface area contributed by atoms with Crippen LogP contribution in [-0.2, 0) is 4.74 Å². The molecule has 0 aliphatic rings. The molecule has 0 saturated heterocycles. The second-order valence-corrected chi connectivity index (χ2v) is 5.73. The normalized spacial score (nSPS) is 10.9. The molecule has 0 bridgehead atoms. The zero-order chi connectivity index (χ0) is 16.2. The van der Waals surface area contributed by atoms with Crippen LogP contribution in [0, 0.1) is 0 Å². The third kappa shape index (κ3) is 3.97. The Morgan fingerprint density at radius 1 is 1.14 bits per heavy atom. The zero-order valence-electron chi connectivity index (χ0n) is 13.2. The Hall–Kier alpha value is -2.56. The van der Waals surface area contributed by atoms with Crippen molar-refractivity contribution >= 4 is 17.5 Å². The second-order valence-electron chi connectivity index (χ2n) is 5.73. The molecule has 1 heterocycles. The molecule has 1 aromatic carbocycles. The Bertz CT molecular complexity index is 663. The van der Waals surface area contributed by atoms with Crippen LogP contribution in [0.3, 0.4) is 0 Å². The predicted molar refractivity (Wildman–Crippen MR) is 85.7 cm³/mol. The van der Waals surface area contributed by atoms with Gasteiger partial charge in [0.25, 0.3) is 0 Å². The zero-order valence-corrected chi connectivity index (χ0v) is 13.2. The maximum absolute atomic E-state index is 12.3. The van der Waals surface area contributed by atoms with Crippen LogP contribution in [0.25, 0.3) is 0 Å². The van der Waals surface area contributed by atoms with Crippen molar-refractivity contribution < 1.29 is 14.3 Å². The summed E-state index contributed by atoms with van der Waals surface area (Å²) in [7, 11) is 1.59. The molecule has 5 nitrogen and oxygen atoms in total. The van der Waals surface area contributed by atoms with Gasteiger partial charge in [0, 0.05) is 6.20 Å². The summed E-state index contributed by atoms with van der Waals surface area (Å²) in [4.78, 5) is 16.5. The largest absolute Gasteiger partial charge is 0.495 e. The molecular formula is C17H20N2O3. The molecule has 0 amide bonds. The molecule has 22 heavy (non-hydrogen) atoms. The smallest absolute Gasteiger partial charge is 0.342 e. The van der Waals surface area contributed by atoms with E-state index in [0.717, 1.165) is 5.69 Å². The number of nitrogens with zero attached hydrogens (tertiary/aromatic N) is 1. The lowest BCUT2D eigenvalue weighted by molar-refractivity contribution is 0.00704. The van der Waals surface area contributed by atoms with Crippen molar-refractivity contribution in [1.82, 2.24) is 4.98 Å². The Labute approximate surface area is 130 Å². The fourth-order valence-corrected chi connectivity index (χ4v) is 1.88. The van der Waals surface area contributed by atoms with Gasteiger partial charge >= 0.3 is 5.97 Å². The van der Waals surface area contributed by atoms with Crippen LogP contribution in [0.5, 0.6) is 5.75 Å². The van der Waals surface area contributed by atoms with E-state index in [2.05, 4.69) is 10.3 Å². The number of para-hydroxylation sites is 2. The number of aromatic nitrogens is 1. The third-order valence-electron chi connectivity index (χ3n) is 2.79. The minimum Gasteiger partial charge on any atom is -0.495 e. The van der Waals surface area contributed by atoms with Crippen LogP contribution in [0.15, 0.2) is 42.6 Å². The number of anilines is 2. The van der Waals surface area contributed by atoms with E-state index in [-0.39, 0.29) is 0 Å². The molecule has 0 spiro atoms. The Kier molecular flexibility index (Phi) is 4.65. The van der Waals surface area contributed by atoms with Crippen LogP contribution >= 0.6 is 0 Å². The first-order valence-corrected chi connectivity index (χ1v) is 6.99. The standard InChI is InChI=1S/C17H20N2O3/c1-17(2,3)22-16(20)12-8-7-11-18-15(12)19-13-9-5-6-10-14(13)21-4/h5-11H,1-4H3,(H,18,19). The number of esters is 1. The molecular weight excluding hydrogens is 280 g/mol. The molecule has 0 radical (unpaired) electrons. The highest BCUT2D eigenvalue weighted by molar-refractivity contribution is 5.95. The monoisotopic (exact) mass is 300 g/mol. The van der Waals surface area contributed by atoms with Crippen molar-refractivity contribution in [3.63, 3.8) is 0 Å². The average Bonchev–Trinajstić information content (AvgIpc) is 2.46. The quantitative estimate of drug-likeness (QED) is 0.870. The van der Waals surface area contributed by atoms with Gasteiger partial charge in [-0.15, -0.1) is 0 Å². The van der Waals surface area contributed by atoms with Gasteiger partial charge in [-0.1, -0.05) is 12.1 Å². The van der Waals surface area contributed by atoms with Gasteiger partial charge in [-0.2, -0.15) is 0 Å². The van der Waals surface area contributed by atoms with Gasteiger partial charge in [0.15, 0.2) is 0 Å². The predicted octanol–water partition coefficient (Wildman–Crippen LogP) is 3.79. The van der Waals surface area contributed by atoms with E-state index in [0.29, 0.717) is 17.1 Å². The molecule has 0 fully saturated rings. The van der Waals surface area contributed by atoms with Crippen LogP contribution < -0.4 is 10.1 Å². The van der Waals surface area contributed by atoms with Gasteiger partial charge in [0.2, 0.25) is 0 Å². The maximum atomic E-state index is 12.3. The first-order chi connectivity index (χ1) is 10.4. The SMILES string of the molecule is COc1ccccc1Nc1ncccc1C(=O)OC(C)(C)C. The number of pyridine rings is 1. The average molecular weight is 300 g/mol. The van der Waals surface area contributed by atoms with Crippen molar-refractivity contribution in [2.45, 2.75) is 26.4 Å². The summed E-state index contributed by atoms with van der Waals surface area (Å²) in [6, 6.07) is 10.8. The van der Waals surface area contributed by atoms with Gasteiger partial charge < -0.3 is 14.8 Å². The molecule has 0 unspecified atom stereocenters. The lowest BCUT2D eigenvalue weighted by atomic mass is 10.2. The highest BCUT2D eigenvalue weighted by atomic mass is 16.6. The molecule has 2 rings (SSSR count). The highest BCUT2D eigenvalue weighted by Crippen LogP contribution is 2.28. The second kappa shape index (κ2) is 6.47. The summed E-state index contributed by atoms with van der Waals surface area (Å²) in [6.45, 7) is 5.48. The molecule has 0 saturated carbocycles. The van der Waals surface area contributed by atoms with E-state index in [4.69, 9.17) is 9.47 Å². The van der Waals surface area contributed by atoms with Crippen molar-refractivity contribution in [2.24, 2.45) is 0 Å². The maximum Gasteiger partial charge on any atom is 0.342 e. The van der Waals surface area contributed by atoms with Crippen molar-refractivity contribution in [3.8, 4) is 5.75 Å². The summed E-state index contributed by atoms with van der Waals surface area (Å²) < 4.78 is 10.7. The lowest BCUT2D eigenvalue weighted by Crippen LogP contribution is -2.24. The number of hydrogen-bond acceptors (Lipinski definition) is 5. The minimum absolute atomic E-state index is 0.378. The number of benzene rings is 1. The number of hydrogen-bond donors (Lipinski definition) is 1. The van der Waals surface area contributed by atoms with Crippen molar-refractivity contribution in [1.29, 1.82) is 0 Å². The fourth-order valence-electron chi connectivity index (χ4n) is 1.88. The first kappa shape index (κ1) is 15.8. The molecule has 1 N–H and O–H groups in total. The van der Waals surface area contributed by atoms with E-state index in [9.17, 15) is 4.79 Å². The van der Waals surface area contributed by atoms with Crippen LogP contribution in [0.4, 0.5) is 11.5 Å². The highest BCUT2D eigenvalue weighted by Gasteiger charge is 2.21. The summed E-state index contributed by atoms with van der Waals surface area (Å²) >= 11 is 0. The van der Waals surface area contributed by atoms with Crippen LogP contribution in [0.2, 0.25) is 0 Å². The number of methoxy groups -OCH3 is 1. The third-order valence-corrected chi connectivity index (χ3v) is 2.79. The van der Waals surface area contributed by atoms with E-state index < -0.39 is 11.6 Å². The summed E-state index contributed by atoms with van der Waals surface area (Å²) in [5, 5.41) is 3.12. The van der Waals surface area contributed by atoms with Crippen LogP contribution in [-0.4, -0.2) is 23.7 Å². The fraction of sp³-hybridized carbons (Fsp3) is 0.294. The van der Waals surface area contributed by atoms with Gasteiger partial charge in [-0.05, 0) is 45.0 Å². The number of carbonyl (C=O) groups excluding carboxylic acids is 1. The van der Waals surface area contributed by atoms with Gasteiger partial charge in [-0.25, -0.2) is 9.78 Å². The molecule has 2 aromatic rings. The summed E-state index contributed by atoms with van der Waals surface area (Å²) in [5.74, 6) is 0.683. The molecule has 116 valence electrons. The Balaban J connectivity index is 2.31. The number of nitrogens with one attached hydrogen (secondary N) is 1. The molecule has 0 aliphatic heterocycles. The lowest BCUT2D eigenvalue weighted by Gasteiger charge is -2.20. The van der Waals surface area contributed by atoms with Crippen molar-refractivity contribution in [3.05, 3.63) is 48.2 Å². The van der Waals surface area contributed by atoms with E-state index in [1.54, 1.807) is 25.4 Å². The first-order valence-electron chi connectivity index (χ1n) is 6.99. The summed E-state index contributed by atoms with van der Waals surface area (Å²) in [5.41, 5.74) is 0.547. The van der Waals surface area contributed by atoms with E-state index in [1.807, 2.05) is 45.0 Å². The topological polar surface area (TPSA) is 60.5 Å². The molecule has 0 atom stereocenters. The van der Waals surface area contributed by atoms with Crippen molar-refractivity contribution in [2.75, 3.05) is 12.4 Å². The van der Waals surface area contributed by atoms with Gasteiger partial charge in [0.1, 0.15) is 22.7 Å². The van der Waals surface area contributed by atoms with E-state index in [1.165, 1.54) is 0 Å². The van der Waals surface area contributed by atoms with Gasteiger partial charge in [-0.3, -0.25) is 0 Å². The number of carbonyl (C=O) groups is 1. The molecule has 0 aliphatic carbocycles. The summed E-state index contributed by atoms with van der Waals surface area (Å²) in [6.07, 6.45) is 1.62. The Morgan fingerprint density at radius 2 is 1.86 bits per heavy atom. The van der Waals surface area contributed by atoms with Crippen LogP contribution in [0.1, 0.15) is 31.1 Å². The van der Waals surface area contributed by atoms with Gasteiger partial charge in [0.05, 0.1) is 12.8 Å². The number of ether oxygens (including phenoxy) is 2. The Morgan fingerprint density at radius 3 is 2.55 bits per heavy atom.